The molecule has 1 rings (SSSR count). The van der Waals surface area contributed by atoms with Crippen LogP contribution in [-0.4, -0.2) is 21.4 Å². The molecule has 0 bridgehead atoms. The Labute approximate surface area is 32.9 Å². The molecule has 24 valence electrons. The normalized spacial score (nSPS) is 20.8. The van der Waals surface area contributed by atoms with E-state index in [9.17, 15) is 0 Å². The summed E-state index contributed by atoms with van der Waals surface area (Å²) in [6, 6.07) is 0. The second-order valence-corrected chi connectivity index (χ2v) is 0.923. The standard InChI is InChI=1S/CH4B2N2/c1-2-5-3-4-1/h4-5H,1H2. The van der Waals surface area contributed by atoms with Gasteiger partial charge in [-0.2, -0.15) is 0 Å². The Bertz CT molecular complexity index is 19.2. The monoisotopic (exact) mass is 66.1 g/mol. The Hall–Kier alpha value is 0.0499. The van der Waals surface area contributed by atoms with Crippen LogP contribution in [0.15, 0.2) is 0 Å². The summed E-state index contributed by atoms with van der Waals surface area (Å²) in [7, 11) is 3.75. The van der Waals surface area contributed by atoms with Crippen LogP contribution in [-0.2, 0) is 0 Å². The molecule has 1 fully saturated rings. The molecule has 0 unspecified atom stereocenters. The van der Waals surface area contributed by atoms with Gasteiger partial charge in [0.2, 0.25) is 7.41 Å². The predicted octanol–water partition coefficient (Wildman–Crippen LogP) is -1.71. The van der Waals surface area contributed by atoms with Crippen LogP contribution in [0.3, 0.4) is 0 Å². The molecule has 4 heteroatoms. The third-order valence-corrected chi connectivity index (χ3v) is 0.523. The molecule has 2 N–H and O–H groups in total. The highest BCUT2D eigenvalue weighted by Gasteiger charge is 1.97. The zero-order valence-corrected chi connectivity index (χ0v) is 2.86. The van der Waals surface area contributed by atoms with Gasteiger partial charge in [0.05, 0.1) is 0 Å². The van der Waals surface area contributed by atoms with Crippen molar-refractivity contribution in [1.82, 2.24) is 10.4 Å². The lowest BCUT2D eigenvalue weighted by Gasteiger charge is -1.73. The minimum Gasteiger partial charge on any atom is -0.392 e. The molecule has 1 aliphatic heterocycles. The molecule has 0 aromatic rings. The van der Waals surface area contributed by atoms with Crippen molar-refractivity contribution in [2.24, 2.45) is 0 Å². The van der Waals surface area contributed by atoms with Gasteiger partial charge in [0.15, 0.2) is 0 Å². The summed E-state index contributed by atoms with van der Waals surface area (Å²) in [6.07, 6.45) is 0.958. The van der Waals surface area contributed by atoms with E-state index < -0.39 is 0 Å². The Balaban J connectivity index is 2.08. The molecular formula is CH4B2N2. The lowest BCUT2D eigenvalue weighted by molar-refractivity contribution is 1.20. The Morgan fingerprint density at radius 2 is 2.60 bits per heavy atom. The largest absolute Gasteiger partial charge is 0.392 e. The molecule has 0 spiro atoms. The van der Waals surface area contributed by atoms with Gasteiger partial charge in [0, 0.05) is 0 Å². The second kappa shape index (κ2) is 1.48. The van der Waals surface area contributed by atoms with Crippen molar-refractivity contribution in [3.05, 3.63) is 0 Å². The molecule has 1 heterocycles. The molecule has 0 atom stereocenters. The highest BCUT2D eigenvalue weighted by molar-refractivity contribution is 6.54. The third-order valence-electron chi connectivity index (χ3n) is 0.523. The molecule has 1 aliphatic rings. The molecule has 0 aliphatic carbocycles. The first kappa shape index (κ1) is 3.25. The second-order valence-electron chi connectivity index (χ2n) is 0.923. The van der Waals surface area contributed by atoms with Crippen LogP contribution in [0.1, 0.15) is 0 Å². The minimum absolute atomic E-state index is 0.958. The van der Waals surface area contributed by atoms with Gasteiger partial charge in [0.1, 0.15) is 0 Å². The number of rotatable bonds is 0. The van der Waals surface area contributed by atoms with E-state index in [4.69, 9.17) is 0 Å². The van der Waals surface area contributed by atoms with Crippen LogP contribution >= 0.6 is 0 Å². The van der Waals surface area contributed by atoms with Crippen LogP contribution in [0.25, 0.3) is 0 Å². The van der Waals surface area contributed by atoms with Crippen molar-refractivity contribution in [2.45, 2.75) is 0 Å². The maximum atomic E-state index is 2.93. The van der Waals surface area contributed by atoms with Crippen LogP contribution < -0.4 is 10.4 Å². The molecule has 1 saturated heterocycles. The van der Waals surface area contributed by atoms with Crippen LogP contribution in [0.4, 0.5) is 0 Å². The van der Waals surface area contributed by atoms with Gasteiger partial charge in [-0.1, -0.05) is 0 Å². The summed E-state index contributed by atoms with van der Waals surface area (Å²) >= 11 is 0. The zero-order chi connectivity index (χ0) is 3.54. The Kier molecular flexibility index (Phi) is 0.960. The van der Waals surface area contributed by atoms with Crippen molar-refractivity contribution in [2.75, 3.05) is 6.44 Å². The van der Waals surface area contributed by atoms with Crippen LogP contribution in [0.5, 0.6) is 0 Å². The molecule has 0 aromatic carbocycles. The quantitative estimate of drug-likeness (QED) is 0.329. The average Bonchev–Trinajstić information content (AvgIpc) is 1.76. The van der Waals surface area contributed by atoms with E-state index in [1.807, 2.05) is 7.41 Å². The maximum Gasteiger partial charge on any atom is 0.294 e. The summed E-state index contributed by atoms with van der Waals surface area (Å²) < 4.78 is 0. The van der Waals surface area contributed by atoms with Crippen molar-refractivity contribution in [3.63, 3.8) is 0 Å². The van der Waals surface area contributed by atoms with Crippen LogP contribution in [0, 0.1) is 0 Å². The van der Waals surface area contributed by atoms with E-state index in [0.29, 0.717) is 0 Å². The lowest BCUT2D eigenvalue weighted by atomic mass is 9.97. The third kappa shape index (κ3) is 0.667. The van der Waals surface area contributed by atoms with Crippen molar-refractivity contribution in [1.29, 1.82) is 0 Å². The maximum absolute atomic E-state index is 2.93. The lowest BCUT2D eigenvalue weighted by Crippen LogP contribution is -2.17. The summed E-state index contributed by atoms with van der Waals surface area (Å²) in [5, 5.41) is 5.79. The zero-order valence-electron chi connectivity index (χ0n) is 2.86. The van der Waals surface area contributed by atoms with Crippen molar-refractivity contribution in [3.8, 4) is 0 Å². The minimum atomic E-state index is 0.958. The topological polar surface area (TPSA) is 24.1 Å². The van der Waals surface area contributed by atoms with E-state index in [2.05, 4.69) is 10.4 Å². The van der Waals surface area contributed by atoms with E-state index in [0.717, 1.165) is 6.44 Å². The van der Waals surface area contributed by atoms with Gasteiger partial charge in [-0.05, 0) is 6.44 Å². The average molecular weight is 65.7 g/mol. The van der Waals surface area contributed by atoms with E-state index in [1.54, 1.807) is 7.55 Å². The predicted molar refractivity (Wildman–Crippen MR) is 22.6 cm³/mol. The highest BCUT2D eigenvalue weighted by atomic mass is 14.9. The molecule has 5 heavy (non-hydrogen) atoms. The summed E-state index contributed by atoms with van der Waals surface area (Å²) in [5.74, 6) is 0. The first-order valence-electron chi connectivity index (χ1n) is 1.63. The smallest absolute Gasteiger partial charge is 0.294 e. The molecule has 0 amide bonds. The van der Waals surface area contributed by atoms with Crippen molar-refractivity contribution >= 4 is 15.0 Å². The molecular weight excluding hydrogens is 61.6 g/mol. The van der Waals surface area contributed by atoms with E-state index in [1.165, 1.54) is 0 Å². The van der Waals surface area contributed by atoms with Crippen molar-refractivity contribution < 1.29 is 0 Å². The SMILES string of the molecule is [B]1CN[B]N1. The number of hydrogen-bond acceptors (Lipinski definition) is 2. The first-order valence-corrected chi connectivity index (χ1v) is 1.63. The van der Waals surface area contributed by atoms with Crippen LogP contribution in [0.2, 0.25) is 0 Å². The number of nitrogens with one attached hydrogen (secondary N) is 2. The fourth-order valence-corrected chi connectivity index (χ4v) is 0.295. The Morgan fingerprint density at radius 1 is 1.60 bits per heavy atom. The molecule has 2 nitrogen and oxygen atoms in total. The summed E-state index contributed by atoms with van der Waals surface area (Å²) in [6.45, 7) is 0. The van der Waals surface area contributed by atoms with Gasteiger partial charge in [-0.3, -0.25) is 0 Å². The van der Waals surface area contributed by atoms with Gasteiger partial charge in [-0.15, -0.1) is 0 Å². The van der Waals surface area contributed by atoms with Gasteiger partial charge >= 0.3 is 0 Å². The first-order chi connectivity index (χ1) is 2.50. The fourth-order valence-electron chi connectivity index (χ4n) is 0.295. The highest BCUT2D eigenvalue weighted by Crippen LogP contribution is 1.54. The molecule has 2 radical (unpaired) electrons. The summed E-state index contributed by atoms with van der Waals surface area (Å²) in [5.41, 5.74) is 0. The summed E-state index contributed by atoms with van der Waals surface area (Å²) in [4.78, 5) is 0. The van der Waals surface area contributed by atoms with Gasteiger partial charge in [0.25, 0.3) is 7.55 Å². The Morgan fingerprint density at radius 3 is 2.80 bits per heavy atom. The number of hydrogen-bond donors (Lipinski definition) is 2. The van der Waals surface area contributed by atoms with Gasteiger partial charge < -0.3 is 10.4 Å². The van der Waals surface area contributed by atoms with Gasteiger partial charge in [-0.25, -0.2) is 0 Å². The van der Waals surface area contributed by atoms with E-state index >= 15 is 0 Å². The van der Waals surface area contributed by atoms with E-state index in [-0.39, 0.29) is 0 Å². The fraction of sp³-hybridized carbons (Fsp3) is 1.00. The molecule has 0 saturated carbocycles. The molecule has 0 aromatic heterocycles.